The number of rotatable bonds is 2. The molecule has 1 heterocycles. The molecule has 6 heteroatoms. The number of hydrogen-bond donors (Lipinski definition) is 0. The standard InChI is InChI=1S/C11H8Cl3NO2/c1-16-5-3-6-8(12)9(13)11(14)15-10(6)7(4-5)17-2/h3-4H,1-2H3. The minimum absolute atomic E-state index is 0.146. The van der Waals surface area contributed by atoms with Crippen LogP contribution < -0.4 is 9.47 Å². The number of halogens is 3. The Balaban J connectivity index is 2.89. The topological polar surface area (TPSA) is 31.4 Å². The van der Waals surface area contributed by atoms with Crippen LogP contribution in [0.2, 0.25) is 15.2 Å². The van der Waals surface area contributed by atoms with E-state index < -0.39 is 0 Å². The summed E-state index contributed by atoms with van der Waals surface area (Å²) in [6.45, 7) is 0. The highest BCUT2D eigenvalue weighted by atomic mass is 35.5. The average Bonchev–Trinajstić information content (AvgIpc) is 2.35. The summed E-state index contributed by atoms with van der Waals surface area (Å²) in [5, 5.41) is 1.33. The van der Waals surface area contributed by atoms with Crippen LogP contribution in [-0.2, 0) is 0 Å². The fourth-order valence-electron chi connectivity index (χ4n) is 1.49. The lowest BCUT2D eigenvalue weighted by molar-refractivity contribution is 0.397. The largest absolute Gasteiger partial charge is 0.497 e. The molecule has 0 amide bonds. The van der Waals surface area contributed by atoms with Gasteiger partial charge in [0.2, 0.25) is 0 Å². The molecule has 0 N–H and O–H groups in total. The van der Waals surface area contributed by atoms with Crippen molar-refractivity contribution in [2.75, 3.05) is 14.2 Å². The fraction of sp³-hybridized carbons (Fsp3) is 0.182. The Labute approximate surface area is 113 Å². The quantitative estimate of drug-likeness (QED) is 0.777. The van der Waals surface area contributed by atoms with Crippen LogP contribution in [-0.4, -0.2) is 19.2 Å². The van der Waals surface area contributed by atoms with Gasteiger partial charge in [-0.1, -0.05) is 34.8 Å². The summed E-state index contributed by atoms with van der Waals surface area (Å²) >= 11 is 17.9. The number of nitrogens with zero attached hydrogens (tertiary/aromatic N) is 1. The molecule has 2 rings (SSSR count). The van der Waals surface area contributed by atoms with E-state index in [9.17, 15) is 0 Å². The number of benzene rings is 1. The van der Waals surface area contributed by atoms with Crippen molar-refractivity contribution >= 4 is 45.7 Å². The summed E-state index contributed by atoms with van der Waals surface area (Å²) in [5.41, 5.74) is 0.549. The van der Waals surface area contributed by atoms with E-state index >= 15 is 0 Å². The summed E-state index contributed by atoms with van der Waals surface area (Å²) < 4.78 is 10.4. The number of hydrogen-bond acceptors (Lipinski definition) is 3. The lowest BCUT2D eigenvalue weighted by Crippen LogP contribution is -1.92. The van der Waals surface area contributed by atoms with E-state index in [0.29, 0.717) is 27.4 Å². The smallest absolute Gasteiger partial charge is 0.150 e. The Morgan fingerprint density at radius 1 is 1.00 bits per heavy atom. The molecular formula is C11H8Cl3NO2. The Hall–Kier alpha value is -0.900. The van der Waals surface area contributed by atoms with Gasteiger partial charge in [-0.3, -0.25) is 0 Å². The van der Waals surface area contributed by atoms with Crippen molar-refractivity contribution in [2.45, 2.75) is 0 Å². The van der Waals surface area contributed by atoms with Crippen molar-refractivity contribution in [3.8, 4) is 11.5 Å². The second kappa shape index (κ2) is 4.77. The molecule has 0 fully saturated rings. The monoisotopic (exact) mass is 291 g/mol. The van der Waals surface area contributed by atoms with E-state index in [1.54, 1.807) is 19.2 Å². The maximum Gasteiger partial charge on any atom is 0.150 e. The van der Waals surface area contributed by atoms with Crippen LogP contribution in [0.1, 0.15) is 0 Å². The molecule has 0 bridgehead atoms. The van der Waals surface area contributed by atoms with Crippen LogP contribution in [0.5, 0.6) is 11.5 Å². The lowest BCUT2D eigenvalue weighted by atomic mass is 10.2. The predicted octanol–water partition coefficient (Wildman–Crippen LogP) is 4.21. The molecule has 90 valence electrons. The van der Waals surface area contributed by atoms with Crippen LogP contribution in [0.15, 0.2) is 12.1 Å². The Morgan fingerprint density at radius 3 is 2.29 bits per heavy atom. The maximum atomic E-state index is 6.12. The Morgan fingerprint density at radius 2 is 1.71 bits per heavy atom. The maximum absolute atomic E-state index is 6.12. The van der Waals surface area contributed by atoms with Gasteiger partial charge in [0.1, 0.15) is 22.2 Å². The number of methoxy groups -OCH3 is 2. The van der Waals surface area contributed by atoms with E-state index in [-0.39, 0.29) is 10.2 Å². The van der Waals surface area contributed by atoms with Gasteiger partial charge in [-0.25, -0.2) is 4.98 Å². The first-order chi connectivity index (χ1) is 8.08. The summed E-state index contributed by atoms with van der Waals surface area (Å²) in [5.74, 6) is 1.14. The van der Waals surface area contributed by atoms with Gasteiger partial charge in [-0.2, -0.15) is 0 Å². The molecule has 0 radical (unpaired) electrons. The second-order valence-corrected chi connectivity index (χ2v) is 4.37. The van der Waals surface area contributed by atoms with Gasteiger partial charge in [0, 0.05) is 11.5 Å². The summed E-state index contributed by atoms with van der Waals surface area (Å²) in [6.07, 6.45) is 0. The number of pyridine rings is 1. The van der Waals surface area contributed by atoms with Gasteiger partial charge in [-0.05, 0) is 6.07 Å². The predicted molar refractivity (Wildman–Crippen MR) is 69.9 cm³/mol. The first-order valence-corrected chi connectivity index (χ1v) is 5.78. The van der Waals surface area contributed by atoms with Crippen molar-refractivity contribution in [3.05, 3.63) is 27.3 Å². The third kappa shape index (κ3) is 2.10. The molecule has 0 saturated carbocycles. The van der Waals surface area contributed by atoms with Crippen LogP contribution in [0.4, 0.5) is 0 Å². The molecule has 1 aromatic heterocycles. The van der Waals surface area contributed by atoms with Gasteiger partial charge < -0.3 is 9.47 Å². The van der Waals surface area contributed by atoms with Crippen LogP contribution in [0.25, 0.3) is 10.9 Å². The number of aromatic nitrogens is 1. The zero-order valence-corrected chi connectivity index (χ0v) is 11.3. The van der Waals surface area contributed by atoms with Crippen LogP contribution >= 0.6 is 34.8 Å². The fourth-order valence-corrected chi connectivity index (χ4v) is 2.10. The summed E-state index contributed by atoms with van der Waals surface area (Å²) in [4.78, 5) is 4.15. The van der Waals surface area contributed by atoms with E-state index in [1.165, 1.54) is 7.11 Å². The molecule has 0 unspecified atom stereocenters. The van der Waals surface area contributed by atoms with Gasteiger partial charge in [-0.15, -0.1) is 0 Å². The minimum atomic E-state index is 0.146. The van der Waals surface area contributed by atoms with E-state index in [2.05, 4.69) is 4.98 Å². The minimum Gasteiger partial charge on any atom is -0.497 e. The third-order valence-electron chi connectivity index (χ3n) is 2.32. The van der Waals surface area contributed by atoms with E-state index in [1.807, 2.05) is 0 Å². The van der Waals surface area contributed by atoms with Gasteiger partial charge in [0.25, 0.3) is 0 Å². The summed E-state index contributed by atoms with van der Waals surface area (Å²) in [7, 11) is 3.09. The average molecular weight is 293 g/mol. The summed E-state index contributed by atoms with van der Waals surface area (Å²) in [6, 6.07) is 3.44. The zero-order chi connectivity index (χ0) is 12.6. The molecule has 0 saturated heterocycles. The van der Waals surface area contributed by atoms with Crippen molar-refractivity contribution in [1.29, 1.82) is 0 Å². The van der Waals surface area contributed by atoms with Gasteiger partial charge in [0.15, 0.2) is 0 Å². The highest BCUT2D eigenvalue weighted by molar-refractivity contribution is 6.49. The molecule has 0 aliphatic carbocycles. The highest BCUT2D eigenvalue weighted by Gasteiger charge is 2.15. The van der Waals surface area contributed by atoms with Crippen molar-refractivity contribution < 1.29 is 9.47 Å². The van der Waals surface area contributed by atoms with Gasteiger partial charge >= 0.3 is 0 Å². The molecule has 0 aliphatic heterocycles. The number of fused-ring (bicyclic) bond motifs is 1. The molecule has 3 nitrogen and oxygen atoms in total. The van der Waals surface area contributed by atoms with Crippen molar-refractivity contribution in [3.63, 3.8) is 0 Å². The molecule has 2 aromatic rings. The first kappa shape index (κ1) is 12.6. The normalized spacial score (nSPS) is 10.6. The molecule has 1 aromatic carbocycles. The third-order valence-corrected chi connectivity index (χ3v) is 3.55. The SMILES string of the molecule is COc1cc(OC)c2nc(Cl)c(Cl)c(Cl)c2c1. The van der Waals surface area contributed by atoms with E-state index in [0.717, 1.165) is 0 Å². The molecular weight excluding hydrogens is 284 g/mol. The zero-order valence-electron chi connectivity index (χ0n) is 9.05. The van der Waals surface area contributed by atoms with Gasteiger partial charge in [0.05, 0.1) is 24.3 Å². The molecule has 0 spiro atoms. The molecule has 0 aliphatic rings. The van der Waals surface area contributed by atoms with E-state index in [4.69, 9.17) is 44.3 Å². The molecule has 17 heavy (non-hydrogen) atoms. The van der Waals surface area contributed by atoms with Crippen LogP contribution in [0, 0.1) is 0 Å². The Bertz CT molecular complexity index is 587. The second-order valence-electron chi connectivity index (χ2n) is 3.26. The highest BCUT2D eigenvalue weighted by Crippen LogP contribution is 2.39. The molecule has 0 atom stereocenters. The van der Waals surface area contributed by atoms with Crippen LogP contribution in [0.3, 0.4) is 0 Å². The first-order valence-electron chi connectivity index (χ1n) is 4.64. The van der Waals surface area contributed by atoms with Crippen molar-refractivity contribution in [1.82, 2.24) is 4.98 Å². The lowest BCUT2D eigenvalue weighted by Gasteiger charge is -2.10. The van der Waals surface area contributed by atoms with Crippen molar-refractivity contribution in [2.24, 2.45) is 0 Å². The Kier molecular flexibility index (Phi) is 3.52. The number of ether oxygens (including phenoxy) is 2.